The molecule has 0 aliphatic heterocycles. The first kappa shape index (κ1) is 8.89. The van der Waals surface area contributed by atoms with E-state index in [9.17, 15) is 8.78 Å². The van der Waals surface area contributed by atoms with Crippen molar-refractivity contribution in [1.29, 1.82) is 0 Å². The zero-order chi connectivity index (χ0) is 8.97. The van der Waals surface area contributed by atoms with Crippen LogP contribution in [0.15, 0.2) is 18.2 Å². The highest BCUT2D eigenvalue weighted by atomic mass is 19.1. The summed E-state index contributed by atoms with van der Waals surface area (Å²) in [5.41, 5.74) is 1.95. The van der Waals surface area contributed by atoms with E-state index in [0.29, 0.717) is 0 Å². The average Bonchev–Trinajstić information content (AvgIpc) is 2.07. The Hall–Kier alpha value is -1.20. The smallest absolute Gasteiger partial charge is 0.148 e. The molecule has 3 nitrogen and oxygen atoms in total. The van der Waals surface area contributed by atoms with Crippen molar-refractivity contribution >= 4 is 5.69 Å². The second-order valence-corrected chi connectivity index (χ2v) is 1.98. The average molecular weight is 175 g/mol. The molecule has 1 rings (SSSR count). The van der Waals surface area contributed by atoms with Crippen LogP contribution in [-0.4, -0.2) is 7.11 Å². The fraction of sp³-hybridized carbons (Fsp3) is 0.143. The Kier molecular flexibility index (Phi) is 2.95. The third-order valence-electron chi connectivity index (χ3n) is 1.16. The Morgan fingerprint density at radius 1 is 1.33 bits per heavy atom. The molecule has 0 amide bonds. The molecule has 0 atom stereocenters. The van der Waals surface area contributed by atoms with Gasteiger partial charge in [-0.2, -0.15) is 0 Å². The highest BCUT2D eigenvalue weighted by Crippen LogP contribution is 2.14. The number of halogens is 2. The molecule has 66 valence electrons. The summed E-state index contributed by atoms with van der Waals surface area (Å²) in [6, 6.07) is 2.94. The Morgan fingerprint density at radius 2 is 2.08 bits per heavy atom. The Labute approximate surface area is 67.8 Å². The first-order valence-electron chi connectivity index (χ1n) is 3.15. The fourth-order valence-electron chi connectivity index (χ4n) is 0.662. The summed E-state index contributed by atoms with van der Waals surface area (Å²) in [5.74, 6) is -1.17. The van der Waals surface area contributed by atoms with E-state index in [-0.39, 0.29) is 5.69 Å². The van der Waals surface area contributed by atoms with Gasteiger partial charge >= 0.3 is 0 Å². The molecule has 0 saturated carbocycles. The van der Waals surface area contributed by atoms with Crippen LogP contribution in [0.2, 0.25) is 0 Å². The van der Waals surface area contributed by atoms with Crippen LogP contribution >= 0.6 is 0 Å². The maximum atomic E-state index is 12.7. The number of rotatable bonds is 3. The molecule has 1 aromatic carbocycles. The molecule has 0 heterocycles. The van der Waals surface area contributed by atoms with E-state index >= 15 is 0 Å². The number of hydrogen-bond donors (Lipinski definition) is 1. The molecule has 1 N–H and O–H groups in total. The van der Waals surface area contributed by atoms with Gasteiger partial charge in [0.2, 0.25) is 0 Å². The molecule has 0 saturated heterocycles. The zero-order valence-electron chi connectivity index (χ0n) is 6.30. The van der Waals surface area contributed by atoms with Crippen molar-refractivity contribution < 1.29 is 18.7 Å². The van der Waals surface area contributed by atoms with E-state index in [1.54, 1.807) is 0 Å². The lowest BCUT2D eigenvalue weighted by atomic mass is 10.3. The van der Waals surface area contributed by atoms with E-state index in [2.05, 4.69) is 15.4 Å². The van der Waals surface area contributed by atoms with Crippen molar-refractivity contribution in [2.75, 3.05) is 12.6 Å². The van der Waals surface area contributed by atoms with Crippen molar-refractivity contribution in [1.82, 2.24) is 0 Å². The lowest BCUT2D eigenvalue weighted by Gasteiger charge is -2.03. The van der Waals surface area contributed by atoms with Crippen molar-refractivity contribution in [2.24, 2.45) is 0 Å². The SMILES string of the molecule is COONc1cc(F)ccc1F. The summed E-state index contributed by atoms with van der Waals surface area (Å²) in [5, 5.41) is 0. The monoisotopic (exact) mass is 175 g/mol. The first-order chi connectivity index (χ1) is 5.74. The van der Waals surface area contributed by atoms with Crippen molar-refractivity contribution in [3.05, 3.63) is 29.8 Å². The van der Waals surface area contributed by atoms with Gasteiger partial charge in [0, 0.05) is 6.07 Å². The highest BCUT2D eigenvalue weighted by Gasteiger charge is 2.02. The van der Waals surface area contributed by atoms with Gasteiger partial charge in [0.05, 0.1) is 7.11 Å². The normalized spacial score (nSPS) is 9.92. The maximum Gasteiger partial charge on any atom is 0.148 e. The minimum atomic E-state index is -0.617. The number of benzene rings is 1. The van der Waals surface area contributed by atoms with E-state index in [4.69, 9.17) is 0 Å². The molecule has 0 fully saturated rings. The van der Waals surface area contributed by atoms with Crippen LogP contribution in [-0.2, 0) is 9.88 Å². The molecule has 0 aromatic heterocycles. The van der Waals surface area contributed by atoms with Gasteiger partial charge in [0.25, 0.3) is 0 Å². The highest BCUT2D eigenvalue weighted by molar-refractivity contribution is 5.42. The molecule has 0 aliphatic rings. The molecule has 0 aliphatic carbocycles. The molecule has 0 radical (unpaired) electrons. The van der Waals surface area contributed by atoms with E-state index < -0.39 is 11.6 Å². The Balaban J connectivity index is 2.75. The predicted molar refractivity (Wildman–Crippen MR) is 38.1 cm³/mol. The largest absolute Gasteiger partial charge is 0.232 e. The summed E-state index contributed by atoms with van der Waals surface area (Å²) in [6.45, 7) is 0. The number of hydrogen-bond acceptors (Lipinski definition) is 3. The van der Waals surface area contributed by atoms with E-state index in [1.807, 2.05) is 0 Å². The first-order valence-corrected chi connectivity index (χ1v) is 3.15. The van der Waals surface area contributed by atoms with E-state index in [0.717, 1.165) is 18.2 Å². The van der Waals surface area contributed by atoms with Gasteiger partial charge in [-0.3, -0.25) is 0 Å². The van der Waals surface area contributed by atoms with Crippen molar-refractivity contribution in [3.8, 4) is 0 Å². The van der Waals surface area contributed by atoms with Gasteiger partial charge < -0.3 is 0 Å². The molecular formula is C7H7F2NO2. The van der Waals surface area contributed by atoms with Gasteiger partial charge in [-0.25, -0.2) is 19.1 Å². The second kappa shape index (κ2) is 3.99. The van der Waals surface area contributed by atoms with Gasteiger partial charge in [-0.05, 0) is 12.1 Å². The summed E-state index contributed by atoms with van der Waals surface area (Å²) in [4.78, 5) is 8.34. The quantitative estimate of drug-likeness (QED) is 0.561. The Bertz CT molecular complexity index is 268. The van der Waals surface area contributed by atoms with Crippen molar-refractivity contribution in [3.63, 3.8) is 0 Å². The van der Waals surface area contributed by atoms with Crippen molar-refractivity contribution in [2.45, 2.75) is 0 Å². The summed E-state index contributed by atoms with van der Waals surface area (Å²) in [7, 11) is 1.24. The lowest BCUT2D eigenvalue weighted by Crippen LogP contribution is -2.01. The molecule has 1 aromatic rings. The number of nitrogens with one attached hydrogen (secondary N) is 1. The molecule has 12 heavy (non-hydrogen) atoms. The maximum absolute atomic E-state index is 12.7. The molecule has 0 unspecified atom stereocenters. The molecular weight excluding hydrogens is 168 g/mol. The van der Waals surface area contributed by atoms with Gasteiger partial charge in [0.15, 0.2) is 0 Å². The third-order valence-corrected chi connectivity index (χ3v) is 1.16. The fourth-order valence-corrected chi connectivity index (χ4v) is 0.662. The summed E-state index contributed by atoms with van der Waals surface area (Å²) >= 11 is 0. The van der Waals surface area contributed by atoms with Crippen LogP contribution in [0.4, 0.5) is 14.5 Å². The van der Waals surface area contributed by atoms with Crippen LogP contribution in [0.1, 0.15) is 0 Å². The molecule has 0 bridgehead atoms. The van der Waals surface area contributed by atoms with Gasteiger partial charge in [-0.1, -0.05) is 0 Å². The number of anilines is 1. The van der Waals surface area contributed by atoms with Crippen LogP contribution in [0.25, 0.3) is 0 Å². The predicted octanol–water partition coefficient (Wildman–Crippen LogP) is 1.87. The van der Waals surface area contributed by atoms with Crippen LogP contribution in [0, 0.1) is 11.6 Å². The van der Waals surface area contributed by atoms with Crippen LogP contribution in [0.3, 0.4) is 0 Å². The topological polar surface area (TPSA) is 30.5 Å². The zero-order valence-corrected chi connectivity index (χ0v) is 6.30. The summed E-state index contributed by atoms with van der Waals surface area (Å²) < 4.78 is 25.2. The minimum absolute atomic E-state index is 0.114. The van der Waals surface area contributed by atoms with Crippen LogP contribution < -0.4 is 5.48 Å². The standard InChI is InChI=1S/C7H7F2NO2/c1-11-12-10-7-4-5(8)2-3-6(7)9/h2-4,10H,1H3. The third kappa shape index (κ3) is 2.14. The second-order valence-electron chi connectivity index (χ2n) is 1.98. The Morgan fingerprint density at radius 3 is 2.75 bits per heavy atom. The summed E-state index contributed by atoms with van der Waals surface area (Å²) in [6.07, 6.45) is 0. The molecule has 5 heteroatoms. The van der Waals surface area contributed by atoms with Gasteiger partial charge in [-0.15, -0.1) is 4.99 Å². The van der Waals surface area contributed by atoms with Crippen LogP contribution in [0.5, 0.6) is 0 Å². The lowest BCUT2D eigenvalue weighted by molar-refractivity contribution is -0.248. The van der Waals surface area contributed by atoms with E-state index in [1.165, 1.54) is 7.11 Å². The molecule has 0 spiro atoms. The minimum Gasteiger partial charge on any atom is -0.232 e. The van der Waals surface area contributed by atoms with Gasteiger partial charge in [0.1, 0.15) is 17.3 Å².